The van der Waals surface area contributed by atoms with E-state index in [0.717, 1.165) is 48.9 Å². The summed E-state index contributed by atoms with van der Waals surface area (Å²) in [5.41, 5.74) is -0.182. The summed E-state index contributed by atoms with van der Waals surface area (Å²) in [6.07, 6.45) is -4.57. The van der Waals surface area contributed by atoms with Crippen LogP contribution in [0.1, 0.15) is 24.7 Å². The molecule has 1 amide bonds. The van der Waals surface area contributed by atoms with E-state index in [-0.39, 0.29) is 21.7 Å². The summed E-state index contributed by atoms with van der Waals surface area (Å²) in [6, 6.07) is 2.05. The highest BCUT2D eigenvalue weighted by atomic mass is 32.2. The van der Waals surface area contributed by atoms with Crippen molar-refractivity contribution in [3.05, 3.63) is 66.1 Å². The number of sulfonamides is 1. The van der Waals surface area contributed by atoms with E-state index in [9.17, 15) is 43.9 Å². The molecule has 1 N–H and O–H groups in total. The second-order valence-corrected chi connectivity index (χ2v) is 10.7. The van der Waals surface area contributed by atoms with Crippen LogP contribution in [0.15, 0.2) is 53.8 Å². The number of alkyl halides is 6. The molecule has 220 valence electrons. The van der Waals surface area contributed by atoms with Crippen LogP contribution in [-0.4, -0.2) is 58.4 Å². The molecule has 1 saturated heterocycles. The van der Waals surface area contributed by atoms with Crippen molar-refractivity contribution in [1.82, 2.24) is 24.6 Å². The Kier molecular flexibility index (Phi) is 8.49. The third-order valence-corrected chi connectivity index (χ3v) is 8.20. The zero-order chi connectivity index (χ0) is 30.1. The number of aromatic nitrogens is 3. The van der Waals surface area contributed by atoms with Crippen molar-refractivity contribution in [2.75, 3.05) is 0 Å². The normalized spacial score (nSPS) is 19.9. The fourth-order valence-electron chi connectivity index (χ4n) is 4.18. The van der Waals surface area contributed by atoms with Gasteiger partial charge in [-0.1, -0.05) is 0 Å². The molecule has 3 heterocycles. The van der Waals surface area contributed by atoms with Gasteiger partial charge in [-0.25, -0.2) is 27.2 Å². The van der Waals surface area contributed by atoms with Crippen molar-refractivity contribution in [2.24, 2.45) is 0 Å². The number of amides is 1. The van der Waals surface area contributed by atoms with Crippen molar-refractivity contribution in [3.8, 4) is 17.0 Å². The van der Waals surface area contributed by atoms with Crippen molar-refractivity contribution in [2.45, 2.75) is 55.8 Å². The van der Waals surface area contributed by atoms with Crippen LogP contribution in [0, 0.1) is 5.82 Å². The number of ether oxygens (including phenoxy) is 1. The van der Waals surface area contributed by atoms with E-state index in [4.69, 9.17) is 0 Å². The van der Waals surface area contributed by atoms with Crippen LogP contribution in [-0.2, 0) is 27.5 Å². The lowest BCUT2D eigenvalue weighted by Crippen LogP contribution is -2.48. The smallest absolute Gasteiger partial charge is 0.433 e. The minimum atomic E-state index is -4.80. The van der Waals surface area contributed by atoms with Crippen molar-refractivity contribution < 1.29 is 48.7 Å². The Morgan fingerprint density at radius 1 is 1.12 bits per heavy atom. The van der Waals surface area contributed by atoms with Gasteiger partial charge in [0.2, 0.25) is 21.8 Å². The number of hydrogen-bond acceptors (Lipinski definition) is 7. The molecule has 3 atom stereocenters. The second kappa shape index (κ2) is 11.6. The summed E-state index contributed by atoms with van der Waals surface area (Å²) < 4.78 is 124. The first-order valence-electron chi connectivity index (χ1n) is 11.7. The van der Waals surface area contributed by atoms with E-state index < -0.39 is 77.3 Å². The zero-order valence-electron chi connectivity index (χ0n) is 20.8. The molecule has 2 aromatic heterocycles. The number of pyridine rings is 1. The van der Waals surface area contributed by atoms with Gasteiger partial charge in [-0.2, -0.15) is 26.3 Å². The van der Waals surface area contributed by atoms with E-state index in [2.05, 4.69) is 25.0 Å². The predicted molar refractivity (Wildman–Crippen MR) is 127 cm³/mol. The number of hydrogen-bond donors (Lipinski definition) is 1. The molecule has 1 aromatic carbocycles. The predicted octanol–water partition coefficient (Wildman–Crippen LogP) is 4.10. The van der Waals surface area contributed by atoms with Crippen LogP contribution < -0.4 is 10.1 Å². The largest absolute Gasteiger partial charge is 0.451 e. The SMILES string of the molecule is C[C@H]1[C@H](F)C[C@@H](C(=O)NCc2cc(-c3cnc(C(F)(F)F)nc3)ncc2OC(F)F)N1S(=O)(=O)c1ccc(F)cc1. The molecule has 1 aliphatic rings. The van der Waals surface area contributed by atoms with Crippen LogP contribution >= 0.6 is 0 Å². The molecule has 9 nitrogen and oxygen atoms in total. The molecule has 41 heavy (non-hydrogen) atoms. The lowest BCUT2D eigenvalue weighted by molar-refractivity contribution is -0.145. The van der Waals surface area contributed by atoms with Crippen LogP contribution in [0.25, 0.3) is 11.3 Å². The van der Waals surface area contributed by atoms with Gasteiger partial charge in [0, 0.05) is 36.5 Å². The van der Waals surface area contributed by atoms with E-state index in [0.29, 0.717) is 4.31 Å². The van der Waals surface area contributed by atoms with Crippen LogP contribution in [0.2, 0.25) is 0 Å². The van der Waals surface area contributed by atoms with E-state index >= 15 is 0 Å². The second-order valence-electron chi connectivity index (χ2n) is 8.86. The van der Waals surface area contributed by atoms with Crippen LogP contribution in [0.5, 0.6) is 5.75 Å². The van der Waals surface area contributed by atoms with Crippen LogP contribution in [0.4, 0.5) is 30.7 Å². The zero-order valence-corrected chi connectivity index (χ0v) is 21.6. The van der Waals surface area contributed by atoms with Crippen molar-refractivity contribution >= 4 is 15.9 Å². The van der Waals surface area contributed by atoms with Gasteiger partial charge in [0.05, 0.1) is 22.8 Å². The number of nitrogens with one attached hydrogen (secondary N) is 1. The van der Waals surface area contributed by atoms with Crippen molar-refractivity contribution in [3.63, 3.8) is 0 Å². The van der Waals surface area contributed by atoms with Crippen LogP contribution in [0.3, 0.4) is 0 Å². The van der Waals surface area contributed by atoms with Gasteiger partial charge in [0.25, 0.3) is 0 Å². The minimum absolute atomic E-state index is 0.0179. The van der Waals surface area contributed by atoms with E-state index in [1.54, 1.807) is 0 Å². The highest BCUT2D eigenvalue weighted by Crippen LogP contribution is 2.34. The Hall–Kier alpha value is -3.86. The number of carbonyl (C=O) groups is 1. The average Bonchev–Trinajstić information content (AvgIpc) is 3.22. The number of benzene rings is 1. The molecule has 1 aliphatic heterocycles. The molecular formula is C24H20F7N5O4S. The molecule has 17 heteroatoms. The van der Waals surface area contributed by atoms with Gasteiger partial charge in [-0.15, -0.1) is 0 Å². The number of halogens is 7. The molecule has 0 spiro atoms. The minimum Gasteiger partial charge on any atom is -0.433 e. The Morgan fingerprint density at radius 3 is 2.34 bits per heavy atom. The third-order valence-electron chi connectivity index (χ3n) is 6.19. The summed E-state index contributed by atoms with van der Waals surface area (Å²) >= 11 is 0. The molecule has 0 unspecified atom stereocenters. The van der Waals surface area contributed by atoms with Gasteiger partial charge in [0.15, 0.2) is 0 Å². The summed E-state index contributed by atoms with van der Waals surface area (Å²) in [7, 11) is -4.46. The molecule has 0 radical (unpaired) electrons. The van der Waals surface area contributed by atoms with Gasteiger partial charge in [-0.3, -0.25) is 9.78 Å². The molecule has 3 aromatic rings. The lowest BCUT2D eigenvalue weighted by atomic mass is 10.1. The Labute approximate surface area is 228 Å². The van der Waals surface area contributed by atoms with Gasteiger partial charge in [-0.05, 0) is 37.3 Å². The fourth-order valence-corrected chi connectivity index (χ4v) is 5.99. The number of nitrogens with zero attached hydrogens (tertiary/aromatic N) is 4. The highest BCUT2D eigenvalue weighted by Gasteiger charge is 2.49. The van der Waals surface area contributed by atoms with Gasteiger partial charge < -0.3 is 10.1 Å². The Morgan fingerprint density at radius 2 is 1.76 bits per heavy atom. The van der Waals surface area contributed by atoms with Crippen molar-refractivity contribution in [1.29, 1.82) is 0 Å². The van der Waals surface area contributed by atoms with E-state index in [1.165, 1.54) is 6.92 Å². The van der Waals surface area contributed by atoms with E-state index in [1.807, 2.05) is 0 Å². The molecule has 4 rings (SSSR count). The monoisotopic (exact) mass is 607 g/mol. The number of rotatable bonds is 8. The first kappa shape index (κ1) is 30.1. The Balaban J connectivity index is 1.59. The number of carbonyl (C=O) groups excluding carboxylic acids is 1. The standard InChI is InChI=1S/C24H20F7N5O4S/c1-12-17(26)7-19(36(12)41(38,39)16-4-2-15(25)3-5-16)21(37)33-8-13-6-18(32-11-20(13)40-23(27)28)14-9-34-22(35-10-14)24(29,30)31/h2-6,9-12,17,19,23H,7-8H2,1H3,(H,33,37)/t12-,17+,19-/m0/s1. The maximum atomic E-state index is 14.7. The lowest BCUT2D eigenvalue weighted by Gasteiger charge is -2.27. The molecule has 0 saturated carbocycles. The quantitative estimate of drug-likeness (QED) is 0.384. The molecular weight excluding hydrogens is 587 g/mol. The maximum absolute atomic E-state index is 14.7. The Bertz CT molecular complexity index is 1510. The molecule has 0 bridgehead atoms. The highest BCUT2D eigenvalue weighted by molar-refractivity contribution is 7.89. The van der Waals surface area contributed by atoms with Gasteiger partial charge >= 0.3 is 12.8 Å². The molecule has 1 fully saturated rings. The summed E-state index contributed by atoms with van der Waals surface area (Å²) in [5.74, 6) is -3.58. The summed E-state index contributed by atoms with van der Waals surface area (Å²) in [6.45, 7) is -2.58. The summed E-state index contributed by atoms with van der Waals surface area (Å²) in [4.78, 5) is 23.0. The summed E-state index contributed by atoms with van der Waals surface area (Å²) in [5, 5.41) is 2.36. The molecule has 0 aliphatic carbocycles. The maximum Gasteiger partial charge on any atom is 0.451 e. The topological polar surface area (TPSA) is 114 Å². The van der Waals surface area contributed by atoms with Gasteiger partial charge in [0.1, 0.15) is 23.8 Å². The first-order valence-corrected chi connectivity index (χ1v) is 13.2. The fraction of sp³-hybridized carbons (Fsp3) is 0.333. The average molecular weight is 608 g/mol. The third kappa shape index (κ3) is 6.56. The first-order chi connectivity index (χ1) is 19.2.